The molecule has 0 aliphatic carbocycles. The van der Waals surface area contributed by atoms with E-state index in [1.54, 1.807) is 24.3 Å². The zero-order valence-electron chi connectivity index (χ0n) is 26.7. The number of carboxylic acids is 1. The molecule has 0 heterocycles. The minimum atomic E-state index is -1.17. The molecule has 0 bridgehead atoms. The second kappa shape index (κ2) is 15.5. The Morgan fingerprint density at radius 1 is 0.673 bits per heavy atom. The van der Waals surface area contributed by atoms with Gasteiger partial charge in [0.05, 0.1) is 28.7 Å². The van der Waals surface area contributed by atoms with E-state index < -0.39 is 23.6 Å². The standard InChI is InChI=1S/C38H34FN3O7/c1-23(2)49-35-19-27(37(44)41-31-17-12-28(38(45)46)20-34(31)48-22-25-8-13-29(39)14-9-25)11-16-32(35)42-36(43)26-10-15-30(40)33(18-26)47-21-24-6-4-3-5-7-24/h3-20,23H,21-22,40H2,1-2H3,(H,41,44)(H,42,43)(H,45,46). The number of anilines is 3. The maximum Gasteiger partial charge on any atom is 0.335 e. The molecule has 0 spiro atoms. The van der Waals surface area contributed by atoms with Crippen molar-refractivity contribution in [3.63, 3.8) is 0 Å². The van der Waals surface area contributed by atoms with Gasteiger partial charge in [-0.15, -0.1) is 0 Å². The van der Waals surface area contributed by atoms with Crippen LogP contribution in [0.4, 0.5) is 21.5 Å². The van der Waals surface area contributed by atoms with E-state index in [0.717, 1.165) is 5.56 Å². The van der Waals surface area contributed by atoms with Gasteiger partial charge in [0.1, 0.15) is 36.3 Å². The number of carbonyl (C=O) groups is 3. The molecule has 0 radical (unpaired) electrons. The van der Waals surface area contributed by atoms with Gasteiger partial charge in [0.15, 0.2) is 0 Å². The third-order valence-electron chi connectivity index (χ3n) is 7.15. The topological polar surface area (TPSA) is 149 Å². The van der Waals surface area contributed by atoms with Crippen LogP contribution in [0.3, 0.4) is 0 Å². The van der Waals surface area contributed by atoms with Gasteiger partial charge >= 0.3 is 5.97 Å². The number of benzene rings is 5. The van der Waals surface area contributed by atoms with Gasteiger partial charge in [0.2, 0.25) is 0 Å². The molecular formula is C38H34FN3O7. The summed E-state index contributed by atoms with van der Waals surface area (Å²) in [5.41, 5.74) is 9.07. The minimum absolute atomic E-state index is 0.00163. The number of halogens is 1. The highest BCUT2D eigenvalue weighted by Crippen LogP contribution is 2.31. The number of hydrogen-bond acceptors (Lipinski definition) is 7. The second-order valence-electron chi connectivity index (χ2n) is 11.2. The fourth-order valence-electron chi connectivity index (χ4n) is 4.66. The molecule has 0 aromatic heterocycles. The lowest BCUT2D eigenvalue weighted by atomic mass is 10.1. The summed E-state index contributed by atoms with van der Waals surface area (Å²) >= 11 is 0. The number of aromatic carboxylic acids is 1. The van der Waals surface area contributed by atoms with Crippen LogP contribution < -0.4 is 30.6 Å². The van der Waals surface area contributed by atoms with Gasteiger partial charge in [-0.05, 0) is 91.7 Å². The Bertz CT molecular complexity index is 1970. The summed E-state index contributed by atoms with van der Waals surface area (Å²) in [6.45, 7) is 3.89. The molecule has 10 nitrogen and oxygen atoms in total. The lowest BCUT2D eigenvalue weighted by molar-refractivity contribution is 0.0696. The molecule has 5 aromatic rings. The van der Waals surface area contributed by atoms with Gasteiger partial charge in [-0.3, -0.25) is 9.59 Å². The molecular weight excluding hydrogens is 629 g/mol. The summed E-state index contributed by atoms with van der Waals surface area (Å²) in [6.07, 6.45) is -0.293. The van der Waals surface area contributed by atoms with E-state index in [1.165, 1.54) is 54.6 Å². The molecule has 0 atom stereocenters. The summed E-state index contributed by atoms with van der Waals surface area (Å²) in [7, 11) is 0. The number of carboxylic acid groups (broad SMARTS) is 1. The number of amides is 2. The predicted octanol–water partition coefficient (Wildman–Crippen LogP) is 7.56. The number of nitrogens with one attached hydrogen (secondary N) is 2. The third-order valence-corrected chi connectivity index (χ3v) is 7.15. The lowest BCUT2D eigenvalue weighted by Gasteiger charge is -2.17. The first-order valence-electron chi connectivity index (χ1n) is 15.3. The molecule has 0 saturated heterocycles. The van der Waals surface area contributed by atoms with Crippen LogP contribution in [0.25, 0.3) is 0 Å². The van der Waals surface area contributed by atoms with Gasteiger partial charge in [0.25, 0.3) is 11.8 Å². The van der Waals surface area contributed by atoms with Crippen molar-refractivity contribution in [2.45, 2.75) is 33.2 Å². The minimum Gasteiger partial charge on any atom is -0.489 e. The molecule has 250 valence electrons. The second-order valence-corrected chi connectivity index (χ2v) is 11.2. The van der Waals surface area contributed by atoms with Crippen molar-refractivity contribution in [2.75, 3.05) is 16.4 Å². The van der Waals surface area contributed by atoms with Gasteiger partial charge in [-0.2, -0.15) is 0 Å². The van der Waals surface area contributed by atoms with E-state index in [4.69, 9.17) is 19.9 Å². The van der Waals surface area contributed by atoms with E-state index in [-0.39, 0.29) is 47.6 Å². The van der Waals surface area contributed by atoms with E-state index in [9.17, 15) is 23.9 Å². The highest BCUT2D eigenvalue weighted by molar-refractivity contribution is 6.08. The van der Waals surface area contributed by atoms with E-state index in [0.29, 0.717) is 28.3 Å². The van der Waals surface area contributed by atoms with Crippen molar-refractivity contribution < 1.29 is 38.1 Å². The predicted molar refractivity (Wildman–Crippen MR) is 184 cm³/mol. The fourth-order valence-corrected chi connectivity index (χ4v) is 4.66. The fraction of sp³-hybridized carbons (Fsp3) is 0.132. The van der Waals surface area contributed by atoms with Crippen molar-refractivity contribution in [1.29, 1.82) is 0 Å². The van der Waals surface area contributed by atoms with Crippen LogP contribution in [0.15, 0.2) is 109 Å². The number of rotatable bonds is 13. The first kappa shape index (κ1) is 34.0. The molecule has 5 aromatic carbocycles. The molecule has 0 saturated carbocycles. The smallest absolute Gasteiger partial charge is 0.335 e. The van der Waals surface area contributed by atoms with Crippen LogP contribution >= 0.6 is 0 Å². The Labute approximate surface area is 282 Å². The lowest BCUT2D eigenvalue weighted by Crippen LogP contribution is -2.17. The Balaban J connectivity index is 1.33. The van der Waals surface area contributed by atoms with Crippen LogP contribution in [0, 0.1) is 5.82 Å². The highest BCUT2D eigenvalue weighted by Gasteiger charge is 2.18. The quantitative estimate of drug-likeness (QED) is 0.0944. The Hall–Kier alpha value is -6.36. The van der Waals surface area contributed by atoms with Crippen molar-refractivity contribution in [1.82, 2.24) is 0 Å². The molecule has 49 heavy (non-hydrogen) atoms. The average molecular weight is 664 g/mol. The third kappa shape index (κ3) is 9.13. The molecule has 5 rings (SSSR count). The molecule has 2 amide bonds. The van der Waals surface area contributed by atoms with Crippen LogP contribution in [0.5, 0.6) is 17.2 Å². The summed E-state index contributed by atoms with van der Waals surface area (Å²) in [6, 6.07) is 28.5. The van der Waals surface area contributed by atoms with Gasteiger partial charge < -0.3 is 35.7 Å². The van der Waals surface area contributed by atoms with E-state index in [1.807, 2.05) is 44.2 Å². The average Bonchev–Trinajstić information content (AvgIpc) is 3.09. The molecule has 11 heteroatoms. The van der Waals surface area contributed by atoms with E-state index >= 15 is 0 Å². The Morgan fingerprint density at radius 3 is 1.80 bits per heavy atom. The van der Waals surface area contributed by atoms with Crippen LogP contribution in [0.1, 0.15) is 56.0 Å². The van der Waals surface area contributed by atoms with Crippen LogP contribution in [-0.2, 0) is 13.2 Å². The summed E-state index contributed by atoms with van der Waals surface area (Å²) < 4.78 is 31.0. The van der Waals surface area contributed by atoms with Gasteiger partial charge in [0, 0.05) is 11.1 Å². The number of ether oxygens (including phenoxy) is 3. The van der Waals surface area contributed by atoms with Crippen molar-refractivity contribution in [3.05, 3.63) is 143 Å². The number of carbonyl (C=O) groups excluding carboxylic acids is 2. The summed E-state index contributed by atoms with van der Waals surface area (Å²) in [5, 5.41) is 15.1. The maximum atomic E-state index is 13.4. The first-order chi connectivity index (χ1) is 23.5. The zero-order chi connectivity index (χ0) is 34.9. The monoisotopic (exact) mass is 663 g/mol. The zero-order valence-corrected chi connectivity index (χ0v) is 26.7. The molecule has 0 fully saturated rings. The normalized spacial score (nSPS) is 10.7. The Morgan fingerprint density at radius 2 is 1.18 bits per heavy atom. The molecule has 0 unspecified atom stereocenters. The van der Waals surface area contributed by atoms with Crippen LogP contribution in [-0.4, -0.2) is 29.0 Å². The van der Waals surface area contributed by atoms with Crippen molar-refractivity contribution >= 4 is 34.8 Å². The number of nitrogens with two attached hydrogens (primary N) is 1. The molecule has 0 aliphatic rings. The summed E-state index contributed by atoms with van der Waals surface area (Å²) in [5.74, 6) is -1.85. The van der Waals surface area contributed by atoms with E-state index in [2.05, 4.69) is 10.6 Å². The van der Waals surface area contributed by atoms with Crippen molar-refractivity contribution in [2.24, 2.45) is 0 Å². The maximum absolute atomic E-state index is 13.4. The van der Waals surface area contributed by atoms with Crippen molar-refractivity contribution in [3.8, 4) is 17.2 Å². The highest BCUT2D eigenvalue weighted by atomic mass is 19.1. The summed E-state index contributed by atoms with van der Waals surface area (Å²) in [4.78, 5) is 38.4. The SMILES string of the molecule is CC(C)Oc1cc(C(=O)Nc2ccc(C(=O)O)cc2OCc2ccc(F)cc2)ccc1NC(=O)c1ccc(N)c(OCc2ccccc2)c1. The molecule has 5 N–H and O–H groups in total. The van der Waals surface area contributed by atoms with Gasteiger partial charge in [-0.1, -0.05) is 42.5 Å². The first-order valence-corrected chi connectivity index (χ1v) is 15.3. The van der Waals surface area contributed by atoms with Crippen LogP contribution in [0.2, 0.25) is 0 Å². The number of hydrogen-bond donors (Lipinski definition) is 4. The van der Waals surface area contributed by atoms with Gasteiger partial charge in [-0.25, -0.2) is 9.18 Å². The Kier molecular flexibility index (Phi) is 10.7. The largest absolute Gasteiger partial charge is 0.489 e. The molecule has 0 aliphatic heterocycles. The number of nitrogen functional groups attached to an aromatic ring is 1.